The number of aromatic nitrogens is 2. The second-order valence-electron chi connectivity index (χ2n) is 6.77. The van der Waals surface area contributed by atoms with Crippen LogP contribution in [0.1, 0.15) is 18.0 Å². The number of carbonyl (C=O) groups excluding carboxylic acids is 2. The van der Waals surface area contributed by atoms with E-state index in [9.17, 15) is 14.4 Å². The third-order valence-electron chi connectivity index (χ3n) is 4.80. The SMILES string of the molecule is O=C(Cn1ncc2ccccc2c1=O)NNC(=O)C1CC(c2ccccc2)NN1. The molecule has 2 atom stereocenters. The number of rotatable bonds is 4. The first-order chi connectivity index (χ1) is 14.1. The number of carbonyl (C=O) groups is 2. The highest BCUT2D eigenvalue weighted by Crippen LogP contribution is 2.21. The third kappa shape index (κ3) is 4.15. The van der Waals surface area contributed by atoms with Crippen molar-refractivity contribution in [2.45, 2.75) is 25.0 Å². The molecular weight excluding hydrogens is 372 g/mol. The van der Waals surface area contributed by atoms with E-state index in [1.165, 1.54) is 6.20 Å². The summed E-state index contributed by atoms with van der Waals surface area (Å²) in [6.07, 6.45) is 2.07. The number of amides is 2. The first-order valence-corrected chi connectivity index (χ1v) is 9.21. The average Bonchev–Trinajstić information content (AvgIpc) is 3.25. The van der Waals surface area contributed by atoms with Gasteiger partial charge in [0, 0.05) is 11.4 Å². The summed E-state index contributed by atoms with van der Waals surface area (Å²) in [6, 6.07) is 16.3. The number of benzene rings is 2. The Balaban J connectivity index is 1.31. The van der Waals surface area contributed by atoms with Gasteiger partial charge in [0.2, 0.25) is 0 Å². The lowest BCUT2D eigenvalue weighted by Gasteiger charge is -2.12. The zero-order valence-electron chi connectivity index (χ0n) is 15.5. The minimum absolute atomic E-state index is 0.00280. The lowest BCUT2D eigenvalue weighted by Crippen LogP contribution is -2.51. The van der Waals surface area contributed by atoms with Gasteiger partial charge < -0.3 is 0 Å². The van der Waals surface area contributed by atoms with E-state index in [0.717, 1.165) is 10.2 Å². The van der Waals surface area contributed by atoms with Gasteiger partial charge in [0.1, 0.15) is 12.6 Å². The monoisotopic (exact) mass is 392 g/mol. The quantitative estimate of drug-likeness (QED) is 0.470. The molecule has 4 rings (SSSR count). The van der Waals surface area contributed by atoms with Crippen LogP contribution >= 0.6 is 0 Å². The van der Waals surface area contributed by atoms with E-state index in [1.54, 1.807) is 18.2 Å². The molecule has 148 valence electrons. The van der Waals surface area contributed by atoms with Crippen LogP contribution in [0.2, 0.25) is 0 Å². The van der Waals surface area contributed by atoms with Gasteiger partial charge in [0.05, 0.1) is 11.6 Å². The smallest absolute Gasteiger partial charge is 0.271 e. The van der Waals surface area contributed by atoms with E-state index in [1.807, 2.05) is 36.4 Å². The van der Waals surface area contributed by atoms with Crippen molar-refractivity contribution in [1.82, 2.24) is 31.5 Å². The molecule has 0 radical (unpaired) electrons. The number of fused-ring (bicyclic) bond motifs is 1. The lowest BCUT2D eigenvalue weighted by atomic mass is 10.0. The van der Waals surface area contributed by atoms with Gasteiger partial charge in [-0.25, -0.2) is 15.5 Å². The van der Waals surface area contributed by atoms with Crippen LogP contribution in [0.4, 0.5) is 0 Å². The fourth-order valence-electron chi connectivity index (χ4n) is 3.27. The summed E-state index contributed by atoms with van der Waals surface area (Å²) in [4.78, 5) is 36.8. The first kappa shape index (κ1) is 18.8. The Labute approximate surface area is 166 Å². The normalized spacial score (nSPS) is 18.5. The van der Waals surface area contributed by atoms with Crippen molar-refractivity contribution in [3.63, 3.8) is 0 Å². The molecule has 0 bridgehead atoms. The van der Waals surface area contributed by atoms with Crippen LogP contribution in [-0.2, 0) is 16.1 Å². The number of hydrogen-bond donors (Lipinski definition) is 4. The van der Waals surface area contributed by atoms with Crippen LogP contribution in [0, 0.1) is 0 Å². The Morgan fingerprint density at radius 1 is 1.03 bits per heavy atom. The Morgan fingerprint density at radius 2 is 1.79 bits per heavy atom. The Hall–Kier alpha value is -3.56. The molecule has 2 unspecified atom stereocenters. The van der Waals surface area contributed by atoms with Gasteiger partial charge in [-0.2, -0.15) is 5.10 Å². The number of nitrogens with one attached hydrogen (secondary N) is 4. The number of hydrogen-bond acceptors (Lipinski definition) is 6. The molecular formula is C20H20N6O3. The molecule has 3 aromatic rings. The van der Waals surface area contributed by atoms with E-state index in [0.29, 0.717) is 17.2 Å². The fraction of sp³-hybridized carbons (Fsp3) is 0.200. The van der Waals surface area contributed by atoms with Gasteiger partial charge in [-0.1, -0.05) is 48.5 Å². The van der Waals surface area contributed by atoms with Gasteiger partial charge in [-0.05, 0) is 18.1 Å². The summed E-state index contributed by atoms with van der Waals surface area (Å²) in [7, 11) is 0. The maximum Gasteiger partial charge on any atom is 0.275 e. The Kier molecular flexibility index (Phi) is 5.32. The second-order valence-corrected chi connectivity index (χ2v) is 6.77. The van der Waals surface area contributed by atoms with Crippen LogP contribution in [0.15, 0.2) is 65.6 Å². The zero-order valence-corrected chi connectivity index (χ0v) is 15.5. The van der Waals surface area contributed by atoms with Crippen molar-refractivity contribution in [2.75, 3.05) is 0 Å². The van der Waals surface area contributed by atoms with Crippen molar-refractivity contribution in [2.24, 2.45) is 0 Å². The topological polar surface area (TPSA) is 117 Å². The third-order valence-corrected chi connectivity index (χ3v) is 4.80. The molecule has 0 spiro atoms. The molecule has 9 heteroatoms. The Morgan fingerprint density at radius 3 is 2.62 bits per heavy atom. The van der Waals surface area contributed by atoms with Gasteiger partial charge in [-0.3, -0.25) is 25.2 Å². The molecule has 2 amide bonds. The van der Waals surface area contributed by atoms with Crippen molar-refractivity contribution >= 4 is 22.6 Å². The molecule has 1 aliphatic rings. The van der Waals surface area contributed by atoms with Crippen molar-refractivity contribution in [1.29, 1.82) is 0 Å². The molecule has 1 fully saturated rings. The standard InChI is InChI=1S/C20H20N6O3/c27-18(12-26-20(29)15-9-5-4-8-14(15)11-21-26)24-25-19(28)17-10-16(22-23-17)13-6-2-1-3-7-13/h1-9,11,16-17,22-23H,10,12H2,(H,24,27)(H,25,28). The molecule has 1 aromatic heterocycles. The predicted molar refractivity (Wildman–Crippen MR) is 106 cm³/mol. The fourth-order valence-corrected chi connectivity index (χ4v) is 3.27. The highest BCUT2D eigenvalue weighted by Gasteiger charge is 2.30. The van der Waals surface area contributed by atoms with E-state index in [-0.39, 0.29) is 24.1 Å². The summed E-state index contributed by atoms with van der Waals surface area (Å²) in [5.74, 6) is -0.920. The summed E-state index contributed by atoms with van der Waals surface area (Å²) < 4.78 is 1.06. The molecule has 0 saturated carbocycles. The van der Waals surface area contributed by atoms with Crippen LogP contribution in [0.5, 0.6) is 0 Å². The number of hydrazine groups is 2. The molecule has 29 heavy (non-hydrogen) atoms. The highest BCUT2D eigenvalue weighted by molar-refractivity contribution is 5.85. The molecule has 2 heterocycles. The summed E-state index contributed by atoms with van der Waals surface area (Å²) >= 11 is 0. The van der Waals surface area contributed by atoms with Crippen molar-refractivity contribution < 1.29 is 9.59 Å². The lowest BCUT2D eigenvalue weighted by molar-refractivity contribution is -0.130. The minimum atomic E-state index is -0.547. The van der Waals surface area contributed by atoms with Crippen molar-refractivity contribution in [3.8, 4) is 0 Å². The highest BCUT2D eigenvalue weighted by atomic mass is 16.2. The van der Waals surface area contributed by atoms with Gasteiger partial charge in [0.25, 0.3) is 17.4 Å². The molecule has 4 N–H and O–H groups in total. The van der Waals surface area contributed by atoms with E-state index < -0.39 is 11.9 Å². The molecule has 1 aliphatic heterocycles. The van der Waals surface area contributed by atoms with Crippen LogP contribution in [0.3, 0.4) is 0 Å². The first-order valence-electron chi connectivity index (χ1n) is 9.21. The van der Waals surface area contributed by atoms with E-state index in [2.05, 4.69) is 26.8 Å². The maximum atomic E-state index is 12.4. The van der Waals surface area contributed by atoms with Gasteiger partial charge >= 0.3 is 0 Å². The van der Waals surface area contributed by atoms with E-state index >= 15 is 0 Å². The maximum absolute atomic E-state index is 12.4. The predicted octanol–water partition coefficient (Wildman–Crippen LogP) is 0.152. The number of nitrogens with zero attached hydrogens (tertiary/aromatic N) is 2. The molecule has 0 aliphatic carbocycles. The van der Waals surface area contributed by atoms with Crippen LogP contribution < -0.4 is 27.3 Å². The average molecular weight is 392 g/mol. The second kappa shape index (κ2) is 8.21. The molecule has 2 aromatic carbocycles. The Bertz CT molecular complexity index is 1100. The van der Waals surface area contributed by atoms with Gasteiger partial charge in [-0.15, -0.1) is 0 Å². The summed E-state index contributed by atoms with van der Waals surface area (Å²) in [5, 5.41) is 5.19. The van der Waals surface area contributed by atoms with Crippen molar-refractivity contribution in [3.05, 3.63) is 76.7 Å². The summed E-state index contributed by atoms with van der Waals surface area (Å²) in [5.41, 5.74) is 11.4. The molecule has 1 saturated heterocycles. The van der Waals surface area contributed by atoms with Gasteiger partial charge in [0.15, 0.2) is 0 Å². The minimum Gasteiger partial charge on any atom is -0.271 e. The largest absolute Gasteiger partial charge is 0.275 e. The molecule has 9 nitrogen and oxygen atoms in total. The van der Waals surface area contributed by atoms with Crippen LogP contribution in [0.25, 0.3) is 10.8 Å². The van der Waals surface area contributed by atoms with Crippen LogP contribution in [-0.4, -0.2) is 27.6 Å². The summed E-state index contributed by atoms with van der Waals surface area (Å²) in [6.45, 7) is -0.299. The zero-order chi connectivity index (χ0) is 20.2. The van der Waals surface area contributed by atoms with E-state index in [4.69, 9.17) is 0 Å².